The Morgan fingerprint density at radius 2 is 1.82 bits per heavy atom. The molecule has 0 spiro atoms. The Hall–Kier alpha value is -3.02. The predicted molar refractivity (Wildman–Crippen MR) is 105 cm³/mol. The summed E-state index contributed by atoms with van der Waals surface area (Å²) in [4.78, 5) is 24.5. The summed E-state index contributed by atoms with van der Waals surface area (Å²) >= 11 is 0. The van der Waals surface area contributed by atoms with Crippen molar-refractivity contribution >= 4 is 11.9 Å². The minimum atomic E-state index is -0.899. The number of carboxylic acid groups (broad SMARTS) is 1. The minimum absolute atomic E-state index is 0.0824. The quantitative estimate of drug-likeness (QED) is 0.674. The SMILES string of the molecule is Cc1ccccc1OCCOc1ccc(CCN2CC(C(=O)O)CC2=O)cc1. The van der Waals surface area contributed by atoms with E-state index in [1.807, 2.05) is 55.5 Å². The van der Waals surface area contributed by atoms with Crippen LogP contribution in [0.25, 0.3) is 0 Å². The first-order chi connectivity index (χ1) is 13.5. The lowest BCUT2D eigenvalue weighted by molar-refractivity contribution is -0.141. The van der Waals surface area contributed by atoms with Crippen molar-refractivity contribution in [2.24, 2.45) is 5.92 Å². The molecule has 0 radical (unpaired) electrons. The number of carboxylic acids is 1. The lowest BCUT2D eigenvalue weighted by atomic mass is 10.1. The number of rotatable bonds is 9. The molecule has 6 nitrogen and oxygen atoms in total. The number of aryl methyl sites for hydroxylation is 1. The third kappa shape index (κ3) is 5.25. The van der Waals surface area contributed by atoms with Gasteiger partial charge in [-0.15, -0.1) is 0 Å². The number of carbonyl (C=O) groups is 2. The highest BCUT2D eigenvalue weighted by Crippen LogP contribution is 2.19. The Bertz CT molecular complexity index is 818. The molecule has 0 bridgehead atoms. The number of hydrogen-bond acceptors (Lipinski definition) is 4. The molecule has 2 aromatic rings. The maximum absolute atomic E-state index is 11.9. The maximum atomic E-state index is 11.9. The Labute approximate surface area is 164 Å². The molecule has 148 valence electrons. The van der Waals surface area contributed by atoms with Crippen molar-refractivity contribution in [2.75, 3.05) is 26.3 Å². The van der Waals surface area contributed by atoms with Gasteiger partial charge < -0.3 is 19.5 Å². The molecule has 1 saturated heterocycles. The van der Waals surface area contributed by atoms with Crippen LogP contribution < -0.4 is 9.47 Å². The Kier molecular flexibility index (Phi) is 6.53. The highest BCUT2D eigenvalue weighted by Gasteiger charge is 2.33. The molecule has 1 fully saturated rings. The molecular weight excluding hydrogens is 358 g/mol. The summed E-state index contributed by atoms with van der Waals surface area (Å²) in [6.45, 7) is 3.76. The van der Waals surface area contributed by atoms with E-state index in [4.69, 9.17) is 14.6 Å². The normalized spacial score (nSPS) is 16.2. The number of benzene rings is 2. The molecule has 0 saturated carbocycles. The highest BCUT2D eigenvalue weighted by atomic mass is 16.5. The third-order valence-corrected chi connectivity index (χ3v) is 4.86. The van der Waals surface area contributed by atoms with Gasteiger partial charge in [0, 0.05) is 19.5 Å². The molecule has 6 heteroatoms. The molecule has 1 amide bonds. The Morgan fingerprint density at radius 1 is 1.11 bits per heavy atom. The van der Waals surface area contributed by atoms with Crippen LogP contribution in [-0.2, 0) is 16.0 Å². The van der Waals surface area contributed by atoms with Gasteiger partial charge in [-0.2, -0.15) is 0 Å². The van der Waals surface area contributed by atoms with Crippen molar-refractivity contribution < 1.29 is 24.2 Å². The molecule has 3 rings (SSSR count). The summed E-state index contributed by atoms with van der Waals surface area (Å²) < 4.78 is 11.4. The molecule has 1 aliphatic heterocycles. The fourth-order valence-electron chi connectivity index (χ4n) is 3.20. The summed E-state index contributed by atoms with van der Waals surface area (Å²) in [7, 11) is 0. The van der Waals surface area contributed by atoms with Crippen LogP contribution in [0, 0.1) is 12.8 Å². The summed E-state index contributed by atoms with van der Waals surface area (Å²) in [6, 6.07) is 15.6. The first kappa shape index (κ1) is 19.7. The van der Waals surface area contributed by atoms with Gasteiger partial charge in [0.05, 0.1) is 5.92 Å². The van der Waals surface area contributed by atoms with Crippen LogP contribution in [-0.4, -0.2) is 48.2 Å². The van der Waals surface area contributed by atoms with Crippen molar-refractivity contribution in [3.63, 3.8) is 0 Å². The van der Waals surface area contributed by atoms with E-state index in [1.54, 1.807) is 4.90 Å². The van der Waals surface area contributed by atoms with Crippen LogP contribution in [0.15, 0.2) is 48.5 Å². The molecule has 1 atom stereocenters. The summed E-state index contributed by atoms with van der Waals surface area (Å²) in [5.41, 5.74) is 2.17. The summed E-state index contributed by atoms with van der Waals surface area (Å²) in [5.74, 6) is 0.0679. The van der Waals surface area contributed by atoms with Gasteiger partial charge in [0.2, 0.25) is 5.91 Å². The topological polar surface area (TPSA) is 76.1 Å². The van der Waals surface area contributed by atoms with E-state index in [0.717, 1.165) is 22.6 Å². The smallest absolute Gasteiger partial charge is 0.308 e. The number of amides is 1. The summed E-state index contributed by atoms with van der Waals surface area (Å²) in [5, 5.41) is 9.03. The zero-order valence-electron chi connectivity index (χ0n) is 16.0. The van der Waals surface area contributed by atoms with Crippen molar-refractivity contribution in [1.82, 2.24) is 4.90 Å². The lowest BCUT2D eigenvalue weighted by Crippen LogP contribution is -2.28. The van der Waals surface area contributed by atoms with E-state index in [2.05, 4.69) is 0 Å². The third-order valence-electron chi connectivity index (χ3n) is 4.86. The molecular formula is C22H25NO5. The fraction of sp³-hybridized carbons (Fsp3) is 0.364. The molecule has 1 aliphatic rings. The number of para-hydroxylation sites is 1. The van der Waals surface area contributed by atoms with E-state index in [9.17, 15) is 9.59 Å². The molecule has 1 heterocycles. The number of ether oxygens (including phenoxy) is 2. The second kappa shape index (κ2) is 9.26. The second-order valence-electron chi connectivity index (χ2n) is 6.94. The van der Waals surface area contributed by atoms with Gasteiger partial charge in [-0.1, -0.05) is 30.3 Å². The minimum Gasteiger partial charge on any atom is -0.490 e. The van der Waals surface area contributed by atoms with Gasteiger partial charge in [-0.3, -0.25) is 9.59 Å². The van der Waals surface area contributed by atoms with Crippen molar-refractivity contribution in [3.05, 3.63) is 59.7 Å². The molecule has 2 aromatic carbocycles. The Morgan fingerprint density at radius 3 is 2.50 bits per heavy atom. The van der Waals surface area contributed by atoms with E-state index >= 15 is 0 Å². The van der Waals surface area contributed by atoms with Gasteiger partial charge in [-0.05, 0) is 42.7 Å². The van der Waals surface area contributed by atoms with Crippen LogP contribution in [0.5, 0.6) is 11.5 Å². The molecule has 1 N–H and O–H groups in total. The second-order valence-corrected chi connectivity index (χ2v) is 6.94. The first-order valence-corrected chi connectivity index (χ1v) is 9.43. The van der Waals surface area contributed by atoms with Crippen LogP contribution in [0.3, 0.4) is 0 Å². The van der Waals surface area contributed by atoms with Crippen LogP contribution in [0.4, 0.5) is 0 Å². The number of aliphatic carboxylic acids is 1. The van der Waals surface area contributed by atoms with Gasteiger partial charge in [-0.25, -0.2) is 0 Å². The van der Waals surface area contributed by atoms with Crippen LogP contribution in [0.2, 0.25) is 0 Å². The summed E-state index contributed by atoms with van der Waals surface area (Å²) in [6.07, 6.45) is 0.793. The highest BCUT2D eigenvalue weighted by molar-refractivity contribution is 5.86. The Balaban J connectivity index is 1.39. The van der Waals surface area contributed by atoms with Gasteiger partial charge in [0.15, 0.2) is 0 Å². The number of likely N-dealkylation sites (tertiary alicyclic amines) is 1. The fourth-order valence-corrected chi connectivity index (χ4v) is 3.20. The largest absolute Gasteiger partial charge is 0.490 e. The predicted octanol–water partition coefficient (Wildman–Crippen LogP) is 2.93. The zero-order valence-corrected chi connectivity index (χ0v) is 16.0. The van der Waals surface area contributed by atoms with E-state index in [-0.39, 0.29) is 12.3 Å². The lowest BCUT2D eigenvalue weighted by Gasteiger charge is -2.16. The van der Waals surface area contributed by atoms with Crippen molar-refractivity contribution in [3.8, 4) is 11.5 Å². The van der Waals surface area contributed by atoms with E-state index in [0.29, 0.717) is 32.7 Å². The van der Waals surface area contributed by atoms with Gasteiger partial charge in [0.1, 0.15) is 24.7 Å². The molecule has 1 unspecified atom stereocenters. The van der Waals surface area contributed by atoms with Crippen LogP contribution in [0.1, 0.15) is 17.5 Å². The number of nitrogens with zero attached hydrogens (tertiary/aromatic N) is 1. The average molecular weight is 383 g/mol. The number of carbonyl (C=O) groups excluding carboxylic acids is 1. The molecule has 0 aromatic heterocycles. The molecule has 28 heavy (non-hydrogen) atoms. The van der Waals surface area contributed by atoms with Crippen LogP contribution >= 0.6 is 0 Å². The number of hydrogen-bond donors (Lipinski definition) is 1. The average Bonchev–Trinajstić information content (AvgIpc) is 3.07. The van der Waals surface area contributed by atoms with Gasteiger partial charge in [0.25, 0.3) is 0 Å². The molecule has 0 aliphatic carbocycles. The van der Waals surface area contributed by atoms with E-state index < -0.39 is 11.9 Å². The van der Waals surface area contributed by atoms with Crippen molar-refractivity contribution in [1.29, 1.82) is 0 Å². The van der Waals surface area contributed by atoms with E-state index in [1.165, 1.54) is 0 Å². The standard InChI is InChI=1S/C22H25NO5/c1-16-4-2-3-5-20(16)28-13-12-27-19-8-6-17(7-9-19)10-11-23-15-18(22(25)26)14-21(23)24/h2-9,18H,10-15H2,1H3,(H,25,26). The van der Waals surface area contributed by atoms with Crippen molar-refractivity contribution in [2.45, 2.75) is 19.8 Å². The zero-order chi connectivity index (χ0) is 19.9. The first-order valence-electron chi connectivity index (χ1n) is 9.43. The maximum Gasteiger partial charge on any atom is 0.308 e. The monoisotopic (exact) mass is 383 g/mol. The van der Waals surface area contributed by atoms with Gasteiger partial charge >= 0.3 is 5.97 Å².